The second-order valence-corrected chi connectivity index (χ2v) is 7.30. The zero-order valence-electron chi connectivity index (χ0n) is 14.4. The van der Waals surface area contributed by atoms with Crippen LogP contribution in [0.2, 0.25) is 0 Å². The van der Waals surface area contributed by atoms with Gasteiger partial charge in [0.2, 0.25) is 0 Å². The predicted molar refractivity (Wildman–Crippen MR) is 108 cm³/mol. The van der Waals surface area contributed by atoms with E-state index >= 15 is 0 Å². The summed E-state index contributed by atoms with van der Waals surface area (Å²) in [5, 5.41) is 0.150. The highest BCUT2D eigenvalue weighted by Gasteiger charge is 2.20. The first kappa shape index (κ1) is 16.7. The number of rotatable bonds is 6. The SMILES string of the molecule is c1ccc(Cn2ccnc2C(Sc2ccccc2)c2ccccc2)cc1. The van der Waals surface area contributed by atoms with Gasteiger partial charge in [0, 0.05) is 23.8 Å². The van der Waals surface area contributed by atoms with E-state index in [1.54, 1.807) is 0 Å². The topological polar surface area (TPSA) is 17.8 Å². The molecule has 2 nitrogen and oxygen atoms in total. The van der Waals surface area contributed by atoms with Crippen LogP contribution in [-0.4, -0.2) is 9.55 Å². The van der Waals surface area contributed by atoms with Gasteiger partial charge in [0.05, 0.1) is 5.25 Å². The Kier molecular flexibility index (Phi) is 5.17. The second kappa shape index (κ2) is 8.07. The van der Waals surface area contributed by atoms with Crippen molar-refractivity contribution in [3.05, 3.63) is 120 Å². The van der Waals surface area contributed by atoms with Crippen molar-refractivity contribution < 1.29 is 0 Å². The first-order valence-corrected chi connectivity index (χ1v) is 9.60. The highest BCUT2D eigenvalue weighted by molar-refractivity contribution is 7.99. The smallest absolute Gasteiger partial charge is 0.127 e. The molecule has 26 heavy (non-hydrogen) atoms. The monoisotopic (exact) mass is 356 g/mol. The van der Waals surface area contributed by atoms with Gasteiger partial charge in [-0.1, -0.05) is 78.9 Å². The molecule has 0 fully saturated rings. The predicted octanol–water partition coefficient (Wildman–Crippen LogP) is 5.81. The van der Waals surface area contributed by atoms with E-state index in [9.17, 15) is 0 Å². The van der Waals surface area contributed by atoms with Gasteiger partial charge in [-0.2, -0.15) is 0 Å². The summed E-state index contributed by atoms with van der Waals surface area (Å²) < 4.78 is 2.25. The lowest BCUT2D eigenvalue weighted by Gasteiger charge is -2.19. The lowest BCUT2D eigenvalue weighted by Crippen LogP contribution is -2.09. The third kappa shape index (κ3) is 3.89. The largest absolute Gasteiger partial charge is 0.329 e. The molecule has 0 N–H and O–H groups in total. The first-order chi connectivity index (χ1) is 12.9. The summed E-state index contributed by atoms with van der Waals surface area (Å²) in [6.07, 6.45) is 3.98. The summed E-state index contributed by atoms with van der Waals surface area (Å²) >= 11 is 1.84. The van der Waals surface area contributed by atoms with E-state index in [1.807, 2.05) is 18.0 Å². The number of hydrogen-bond acceptors (Lipinski definition) is 2. The lowest BCUT2D eigenvalue weighted by atomic mass is 10.1. The number of aromatic nitrogens is 2. The Balaban J connectivity index is 1.69. The molecule has 0 spiro atoms. The molecule has 128 valence electrons. The van der Waals surface area contributed by atoms with Gasteiger partial charge < -0.3 is 4.57 Å². The maximum atomic E-state index is 4.73. The molecule has 0 bridgehead atoms. The summed E-state index contributed by atoms with van der Waals surface area (Å²) in [6.45, 7) is 0.828. The molecule has 4 rings (SSSR count). The van der Waals surface area contributed by atoms with E-state index < -0.39 is 0 Å². The molecule has 0 aliphatic carbocycles. The minimum Gasteiger partial charge on any atom is -0.329 e. The highest BCUT2D eigenvalue weighted by atomic mass is 32.2. The normalized spacial score (nSPS) is 12.0. The quantitative estimate of drug-likeness (QED) is 0.406. The van der Waals surface area contributed by atoms with E-state index in [0.717, 1.165) is 12.4 Å². The molecule has 3 heteroatoms. The fraction of sp³-hybridized carbons (Fsp3) is 0.0870. The van der Waals surface area contributed by atoms with Gasteiger partial charge in [0.15, 0.2) is 0 Å². The van der Waals surface area contributed by atoms with Gasteiger partial charge in [-0.3, -0.25) is 0 Å². The molecular weight excluding hydrogens is 336 g/mol. The lowest BCUT2D eigenvalue weighted by molar-refractivity contribution is 0.735. The van der Waals surface area contributed by atoms with Gasteiger partial charge in [-0.25, -0.2) is 4.98 Å². The van der Waals surface area contributed by atoms with Crippen molar-refractivity contribution in [3.63, 3.8) is 0 Å². The second-order valence-electron chi connectivity index (χ2n) is 6.12. The first-order valence-electron chi connectivity index (χ1n) is 8.72. The zero-order valence-corrected chi connectivity index (χ0v) is 15.2. The summed E-state index contributed by atoms with van der Waals surface area (Å²) in [6, 6.07) is 31.7. The van der Waals surface area contributed by atoms with Crippen LogP contribution >= 0.6 is 11.8 Å². The van der Waals surface area contributed by atoms with Crippen LogP contribution in [0.5, 0.6) is 0 Å². The average molecular weight is 356 g/mol. The molecule has 1 atom stereocenters. The molecule has 0 amide bonds. The fourth-order valence-electron chi connectivity index (χ4n) is 3.01. The molecule has 3 aromatic carbocycles. The highest BCUT2D eigenvalue weighted by Crippen LogP contribution is 2.39. The standard InChI is InChI=1S/C23H20N2S/c1-4-10-19(11-5-1)18-25-17-16-24-23(25)22(20-12-6-2-7-13-20)26-21-14-8-3-9-15-21/h1-17,22H,18H2. The van der Waals surface area contributed by atoms with Crippen molar-refractivity contribution in [1.29, 1.82) is 0 Å². The fourth-order valence-corrected chi connectivity index (χ4v) is 4.19. The Morgan fingerprint density at radius 1 is 0.769 bits per heavy atom. The molecule has 0 saturated heterocycles. The van der Waals surface area contributed by atoms with E-state index in [-0.39, 0.29) is 5.25 Å². The Labute approximate surface area is 158 Å². The molecule has 1 heterocycles. The molecule has 0 saturated carbocycles. The van der Waals surface area contributed by atoms with Crippen LogP contribution in [0.4, 0.5) is 0 Å². The van der Waals surface area contributed by atoms with Crippen molar-refractivity contribution in [2.75, 3.05) is 0 Å². The maximum absolute atomic E-state index is 4.73. The maximum Gasteiger partial charge on any atom is 0.127 e. The van der Waals surface area contributed by atoms with E-state index in [1.165, 1.54) is 16.0 Å². The van der Waals surface area contributed by atoms with E-state index in [4.69, 9.17) is 4.98 Å². The Morgan fingerprint density at radius 2 is 1.38 bits per heavy atom. The summed E-state index contributed by atoms with van der Waals surface area (Å²) in [5.41, 5.74) is 2.55. The Hall–Kier alpha value is -2.78. The molecular formula is C23H20N2S. The van der Waals surface area contributed by atoms with Crippen LogP contribution in [0.25, 0.3) is 0 Å². The summed E-state index contributed by atoms with van der Waals surface area (Å²) in [5.74, 6) is 1.08. The van der Waals surface area contributed by atoms with Crippen LogP contribution in [0, 0.1) is 0 Å². The van der Waals surface area contributed by atoms with Crippen LogP contribution in [0.15, 0.2) is 108 Å². The molecule has 4 aromatic rings. The van der Waals surface area contributed by atoms with Crippen molar-refractivity contribution in [1.82, 2.24) is 9.55 Å². The Morgan fingerprint density at radius 3 is 2.08 bits per heavy atom. The van der Waals surface area contributed by atoms with Gasteiger partial charge >= 0.3 is 0 Å². The van der Waals surface area contributed by atoms with Crippen molar-refractivity contribution in [3.8, 4) is 0 Å². The van der Waals surface area contributed by atoms with E-state index in [0.29, 0.717) is 0 Å². The van der Waals surface area contributed by atoms with Crippen LogP contribution in [0.1, 0.15) is 22.2 Å². The minimum atomic E-state index is 0.150. The Bertz CT molecular complexity index is 934. The van der Waals surface area contributed by atoms with Crippen molar-refractivity contribution >= 4 is 11.8 Å². The van der Waals surface area contributed by atoms with Crippen molar-refractivity contribution in [2.24, 2.45) is 0 Å². The third-order valence-corrected chi connectivity index (χ3v) is 5.54. The van der Waals surface area contributed by atoms with Crippen molar-refractivity contribution in [2.45, 2.75) is 16.7 Å². The van der Waals surface area contributed by atoms with Gasteiger partial charge in [0.1, 0.15) is 5.82 Å². The number of thioether (sulfide) groups is 1. The minimum absolute atomic E-state index is 0.150. The summed E-state index contributed by atoms with van der Waals surface area (Å²) in [7, 11) is 0. The number of hydrogen-bond donors (Lipinski definition) is 0. The number of imidazole rings is 1. The van der Waals surface area contributed by atoms with Crippen LogP contribution in [-0.2, 0) is 6.54 Å². The molecule has 0 aliphatic heterocycles. The third-order valence-electron chi connectivity index (χ3n) is 4.28. The van der Waals surface area contributed by atoms with Crippen LogP contribution in [0.3, 0.4) is 0 Å². The van der Waals surface area contributed by atoms with Gasteiger partial charge in [-0.05, 0) is 23.3 Å². The van der Waals surface area contributed by atoms with Gasteiger partial charge in [-0.15, -0.1) is 11.8 Å². The average Bonchev–Trinajstić information content (AvgIpc) is 3.16. The summed E-state index contributed by atoms with van der Waals surface area (Å²) in [4.78, 5) is 5.97. The number of nitrogens with zero attached hydrogens (tertiary/aromatic N) is 2. The number of benzene rings is 3. The molecule has 1 unspecified atom stereocenters. The van der Waals surface area contributed by atoms with Gasteiger partial charge in [0.25, 0.3) is 0 Å². The molecule has 1 aromatic heterocycles. The molecule has 0 aliphatic rings. The van der Waals surface area contributed by atoms with Crippen LogP contribution < -0.4 is 0 Å². The van der Waals surface area contributed by atoms with E-state index in [2.05, 4.69) is 102 Å². The zero-order chi connectivity index (χ0) is 17.6. The molecule has 0 radical (unpaired) electrons.